The predicted molar refractivity (Wildman–Crippen MR) is 109 cm³/mol. The van der Waals surface area contributed by atoms with Crippen LogP contribution in [0.3, 0.4) is 0 Å². The maximum atomic E-state index is 6.17. The molecule has 1 aliphatic heterocycles. The summed E-state index contributed by atoms with van der Waals surface area (Å²) >= 11 is 0. The van der Waals surface area contributed by atoms with E-state index < -0.39 is 0 Å². The third-order valence-electron chi connectivity index (χ3n) is 5.50. The second-order valence-electron chi connectivity index (χ2n) is 8.91. The summed E-state index contributed by atoms with van der Waals surface area (Å²) in [6.45, 7) is 14.9. The summed E-state index contributed by atoms with van der Waals surface area (Å²) < 4.78 is 18.4. The smallest absolute Gasteiger partial charge is 0.491 e. The van der Waals surface area contributed by atoms with E-state index in [2.05, 4.69) is 78.8 Å². The monoisotopic (exact) mass is 354 g/mol. The van der Waals surface area contributed by atoms with Crippen LogP contribution in [0.4, 0.5) is 0 Å². The largest absolute Gasteiger partial charge is 0.494 e. The number of ether oxygens (including phenoxy) is 1. The molecule has 0 amide bonds. The predicted octanol–water partition coefficient (Wildman–Crippen LogP) is 4.95. The molecule has 0 aliphatic carbocycles. The molecular formula is C22H31BO3. The molecule has 3 rings (SSSR count). The van der Waals surface area contributed by atoms with Gasteiger partial charge in [0.25, 0.3) is 0 Å². The lowest BCUT2D eigenvalue weighted by molar-refractivity contribution is 0.00578. The Morgan fingerprint density at radius 2 is 1.46 bits per heavy atom. The summed E-state index contributed by atoms with van der Waals surface area (Å²) in [7, 11) is -0.327. The molecule has 0 N–H and O–H groups in total. The molecule has 2 aromatic rings. The zero-order valence-corrected chi connectivity index (χ0v) is 17.1. The van der Waals surface area contributed by atoms with Gasteiger partial charge >= 0.3 is 7.12 Å². The van der Waals surface area contributed by atoms with Gasteiger partial charge in [0.05, 0.1) is 17.3 Å². The first-order valence-electron chi connectivity index (χ1n) is 9.63. The van der Waals surface area contributed by atoms with Crippen molar-refractivity contribution in [2.75, 3.05) is 0 Å². The lowest BCUT2D eigenvalue weighted by atomic mass is 9.78. The van der Waals surface area contributed by atoms with E-state index in [1.807, 2.05) is 6.07 Å². The van der Waals surface area contributed by atoms with E-state index in [0.717, 1.165) is 17.6 Å². The number of hydrogen-bond donors (Lipinski definition) is 0. The van der Waals surface area contributed by atoms with Gasteiger partial charge < -0.3 is 14.0 Å². The van der Waals surface area contributed by atoms with E-state index in [1.165, 1.54) is 10.8 Å². The second-order valence-corrected chi connectivity index (χ2v) is 8.91. The second kappa shape index (κ2) is 6.90. The summed E-state index contributed by atoms with van der Waals surface area (Å²) in [4.78, 5) is 0. The van der Waals surface area contributed by atoms with E-state index in [1.54, 1.807) is 0 Å². The standard InChI is InChI=1S/C22H31BO3/c1-15(2)12-16(3)24-20-11-9-17-13-19(10-8-18(17)14-20)23-25-21(4,5)22(6,7)26-23/h8-11,13-16H,12H2,1-7H3. The number of benzene rings is 2. The Morgan fingerprint density at radius 1 is 0.885 bits per heavy atom. The molecule has 0 bridgehead atoms. The van der Waals surface area contributed by atoms with Gasteiger partial charge in [-0.15, -0.1) is 0 Å². The molecule has 4 heteroatoms. The topological polar surface area (TPSA) is 27.7 Å². The van der Waals surface area contributed by atoms with Crippen LogP contribution in [-0.4, -0.2) is 24.4 Å². The number of fused-ring (bicyclic) bond motifs is 1. The minimum absolute atomic E-state index is 0.219. The van der Waals surface area contributed by atoms with Crippen LogP contribution < -0.4 is 10.2 Å². The number of rotatable bonds is 5. The van der Waals surface area contributed by atoms with Gasteiger partial charge in [-0.3, -0.25) is 0 Å². The zero-order valence-electron chi connectivity index (χ0n) is 17.1. The molecule has 0 radical (unpaired) electrons. The molecule has 1 atom stereocenters. The summed E-state index contributed by atoms with van der Waals surface area (Å²) in [6, 6.07) is 12.6. The van der Waals surface area contributed by atoms with Crippen molar-refractivity contribution in [2.24, 2.45) is 5.92 Å². The van der Waals surface area contributed by atoms with Gasteiger partial charge in [0.2, 0.25) is 0 Å². The maximum absolute atomic E-state index is 6.17. The van der Waals surface area contributed by atoms with E-state index in [4.69, 9.17) is 14.0 Å². The van der Waals surface area contributed by atoms with Crippen molar-refractivity contribution in [1.82, 2.24) is 0 Å². The minimum Gasteiger partial charge on any atom is -0.491 e. The van der Waals surface area contributed by atoms with E-state index >= 15 is 0 Å². The third-order valence-corrected chi connectivity index (χ3v) is 5.50. The number of hydrogen-bond acceptors (Lipinski definition) is 3. The molecule has 3 nitrogen and oxygen atoms in total. The molecular weight excluding hydrogens is 323 g/mol. The highest BCUT2D eigenvalue weighted by Crippen LogP contribution is 2.36. The maximum Gasteiger partial charge on any atom is 0.494 e. The Kier molecular flexibility index (Phi) is 5.11. The Morgan fingerprint density at radius 3 is 2.08 bits per heavy atom. The molecule has 1 unspecified atom stereocenters. The van der Waals surface area contributed by atoms with E-state index in [0.29, 0.717) is 5.92 Å². The third kappa shape index (κ3) is 3.92. The van der Waals surface area contributed by atoms with E-state index in [9.17, 15) is 0 Å². The molecule has 1 fully saturated rings. The summed E-state index contributed by atoms with van der Waals surface area (Å²) in [5, 5.41) is 2.33. The van der Waals surface area contributed by atoms with Gasteiger partial charge in [-0.2, -0.15) is 0 Å². The van der Waals surface area contributed by atoms with Crippen LogP contribution in [0.15, 0.2) is 36.4 Å². The Labute approximate surface area is 158 Å². The zero-order chi connectivity index (χ0) is 19.1. The minimum atomic E-state index is -0.327. The molecule has 0 spiro atoms. The molecule has 0 saturated carbocycles. The molecule has 2 aromatic carbocycles. The van der Waals surface area contributed by atoms with Crippen LogP contribution in [0.1, 0.15) is 54.9 Å². The first kappa shape index (κ1) is 19.3. The van der Waals surface area contributed by atoms with Crippen molar-refractivity contribution in [3.63, 3.8) is 0 Å². The molecule has 26 heavy (non-hydrogen) atoms. The van der Waals surface area contributed by atoms with Crippen molar-refractivity contribution in [3.8, 4) is 5.75 Å². The first-order chi connectivity index (χ1) is 12.1. The van der Waals surface area contributed by atoms with Crippen molar-refractivity contribution in [3.05, 3.63) is 36.4 Å². The molecule has 1 aliphatic rings. The van der Waals surface area contributed by atoms with Crippen molar-refractivity contribution in [2.45, 2.75) is 72.2 Å². The average molecular weight is 354 g/mol. The van der Waals surface area contributed by atoms with Crippen molar-refractivity contribution in [1.29, 1.82) is 0 Å². The van der Waals surface area contributed by atoms with Gasteiger partial charge in [0.1, 0.15) is 5.75 Å². The van der Waals surface area contributed by atoms with Gasteiger partial charge in [-0.25, -0.2) is 0 Å². The summed E-state index contributed by atoms with van der Waals surface area (Å²) in [6.07, 6.45) is 1.27. The highest BCUT2D eigenvalue weighted by molar-refractivity contribution is 6.62. The van der Waals surface area contributed by atoms with Gasteiger partial charge in [0, 0.05) is 0 Å². The first-order valence-corrected chi connectivity index (χ1v) is 9.63. The molecule has 1 saturated heterocycles. The Hall–Kier alpha value is -1.52. The fourth-order valence-electron chi connectivity index (χ4n) is 3.39. The highest BCUT2D eigenvalue weighted by atomic mass is 16.7. The molecule has 140 valence electrons. The van der Waals surface area contributed by atoms with Gasteiger partial charge in [0.15, 0.2) is 0 Å². The average Bonchev–Trinajstić information content (AvgIpc) is 2.74. The van der Waals surface area contributed by atoms with Crippen LogP contribution in [-0.2, 0) is 9.31 Å². The van der Waals surface area contributed by atoms with Crippen LogP contribution >= 0.6 is 0 Å². The van der Waals surface area contributed by atoms with Crippen LogP contribution in [0, 0.1) is 5.92 Å². The molecule has 1 heterocycles. The van der Waals surface area contributed by atoms with Crippen LogP contribution in [0.5, 0.6) is 5.75 Å². The van der Waals surface area contributed by atoms with Gasteiger partial charge in [-0.05, 0) is 75.3 Å². The fourth-order valence-corrected chi connectivity index (χ4v) is 3.39. The van der Waals surface area contributed by atoms with Gasteiger partial charge in [-0.1, -0.05) is 38.1 Å². The van der Waals surface area contributed by atoms with Crippen LogP contribution in [0.25, 0.3) is 10.8 Å². The lowest BCUT2D eigenvalue weighted by Crippen LogP contribution is -2.41. The fraction of sp³-hybridized carbons (Fsp3) is 0.545. The van der Waals surface area contributed by atoms with Crippen molar-refractivity contribution >= 4 is 23.4 Å². The van der Waals surface area contributed by atoms with Crippen molar-refractivity contribution < 1.29 is 14.0 Å². The lowest BCUT2D eigenvalue weighted by Gasteiger charge is -2.32. The highest BCUT2D eigenvalue weighted by Gasteiger charge is 2.51. The normalized spacial score (nSPS) is 19.9. The molecule has 0 aromatic heterocycles. The SMILES string of the molecule is CC(C)CC(C)Oc1ccc2cc(B3OC(C)(C)C(C)(C)O3)ccc2c1. The Balaban J connectivity index is 1.79. The van der Waals surface area contributed by atoms with E-state index in [-0.39, 0.29) is 24.4 Å². The van der Waals surface area contributed by atoms with Crippen LogP contribution in [0.2, 0.25) is 0 Å². The Bertz CT molecular complexity index is 766. The summed E-state index contributed by atoms with van der Waals surface area (Å²) in [5.41, 5.74) is 0.409. The summed E-state index contributed by atoms with van der Waals surface area (Å²) in [5.74, 6) is 1.56. The quantitative estimate of drug-likeness (QED) is 0.711.